The van der Waals surface area contributed by atoms with E-state index in [1.165, 1.54) is 15.8 Å². The van der Waals surface area contributed by atoms with E-state index in [1.807, 2.05) is 23.1 Å². The third-order valence-corrected chi connectivity index (χ3v) is 6.49. The molecule has 0 aliphatic carbocycles. The number of methoxy groups -OCH3 is 1. The quantitative estimate of drug-likeness (QED) is 0.642. The Balaban J connectivity index is 1.35. The van der Waals surface area contributed by atoms with Gasteiger partial charge in [0.25, 0.3) is 5.91 Å². The molecule has 29 heavy (non-hydrogen) atoms. The zero-order chi connectivity index (χ0) is 20.4. The molecule has 2 aromatic carbocycles. The van der Waals surface area contributed by atoms with Gasteiger partial charge in [0, 0.05) is 32.2 Å². The Hall–Kier alpha value is -2.80. The number of aryl methyl sites for hydroxylation is 2. The summed E-state index contributed by atoms with van der Waals surface area (Å²) in [5, 5.41) is 1.04. The molecule has 0 saturated carbocycles. The standard InChI is InChI=1S/C22H25N3O3S/c1-15-7-8-16(2)21-20(15)23-22(29-21)25-11-9-24(10-12-25)19(26)14-28-18-6-4-5-17(13-18)27-3/h4-8,13H,9-12,14H2,1-3H3. The number of piperazine rings is 1. The summed E-state index contributed by atoms with van der Waals surface area (Å²) in [6, 6.07) is 11.6. The molecule has 0 atom stereocenters. The van der Waals surface area contributed by atoms with Gasteiger partial charge in [-0.05, 0) is 37.1 Å². The fourth-order valence-corrected chi connectivity index (χ4v) is 4.62. The number of benzene rings is 2. The van der Waals surface area contributed by atoms with Crippen LogP contribution in [0.5, 0.6) is 11.5 Å². The number of hydrogen-bond acceptors (Lipinski definition) is 6. The minimum atomic E-state index is 0.00320. The monoisotopic (exact) mass is 411 g/mol. The first-order chi connectivity index (χ1) is 14.0. The van der Waals surface area contributed by atoms with Crippen LogP contribution >= 0.6 is 11.3 Å². The number of anilines is 1. The summed E-state index contributed by atoms with van der Waals surface area (Å²) in [7, 11) is 1.61. The first-order valence-electron chi connectivity index (χ1n) is 9.71. The minimum Gasteiger partial charge on any atom is -0.497 e. The number of rotatable bonds is 5. The van der Waals surface area contributed by atoms with E-state index in [4.69, 9.17) is 14.5 Å². The molecule has 7 heteroatoms. The molecular weight excluding hydrogens is 386 g/mol. The van der Waals surface area contributed by atoms with Gasteiger partial charge in [-0.15, -0.1) is 0 Å². The molecule has 1 aliphatic rings. The van der Waals surface area contributed by atoms with Crippen molar-refractivity contribution in [2.75, 3.05) is 44.8 Å². The first-order valence-corrected chi connectivity index (χ1v) is 10.5. The van der Waals surface area contributed by atoms with E-state index in [0.717, 1.165) is 23.7 Å². The molecule has 0 N–H and O–H groups in total. The third kappa shape index (κ3) is 4.15. The molecule has 6 nitrogen and oxygen atoms in total. The van der Waals surface area contributed by atoms with Crippen molar-refractivity contribution in [2.45, 2.75) is 13.8 Å². The molecule has 1 saturated heterocycles. The summed E-state index contributed by atoms with van der Waals surface area (Å²) < 4.78 is 12.1. The van der Waals surface area contributed by atoms with Crippen LogP contribution in [0.3, 0.4) is 0 Å². The van der Waals surface area contributed by atoms with Crippen LogP contribution in [0, 0.1) is 13.8 Å². The highest BCUT2D eigenvalue weighted by Crippen LogP contribution is 2.33. The second kappa shape index (κ2) is 8.29. The maximum atomic E-state index is 12.5. The Labute approximate surface area is 174 Å². The Morgan fingerprint density at radius 1 is 1.07 bits per heavy atom. The zero-order valence-corrected chi connectivity index (χ0v) is 17.8. The maximum absolute atomic E-state index is 12.5. The summed E-state index contributed by atoms with van der Waals surface area (Å²) in [5.74, 6) is 1.35. The zero-order valence-electron chi connectivity index (χ0n) is 17.0. The molecule has 1 aliphatic heterocycles. The summed E-state index contributed by atoms with van der Waals surface area (Å²) in [6.45, 7) is 7.17. The van der Waals surface area contributed by atoms with Gasteiger partial charge in [0.2, 0.25) is 0 Å². The average molecular weight is 412 g/mol. The van der Waals surface area contributed by atoms with E-state index in [1.54, 1.807) is 24.5 Å². The van der Waals surface area contributed by atoms with Crippen LogP contribution in [0.1, 0.15) is 11.1 Å². The maximum Gasteiger partial charge on any atom is 0.260 e. The van der Waals surface area contributed by atoms with Gasteiger partial charge in [0.1, 0.15) is 11.5 Å². The molecule has 152 valence electrons. The van der Waals surface area contributed by atoms with Crippen LogP contribution in [0.15, 0.2) is 36.4 Å². The molecule has 1 amide bonds. The van der Waals surface area contributed by atoms with Crippen molar-refractivity contribution in [1.82, 2.24) is 9.88 Å². The fourth-order valence-electron chi connectivity index (χ4n) is 3.46. The second-order valence-electron chi connectivity index (χ2n) is 7.21. The average Bonchev–Trinajstić information content (AvgIpc) is 3.22. The Morgan fingerprint density at radius 3 is 2.52 bits per heavy atom. The van der Waals surface area contributed by atoms with Gasteiger partial charge in [-0.3, -0.25) is 4.79 Å². The normalized spacial score (nSPS) is 14.3. The predicted octanol–water partition coefficient (Wildman–Crippen LogP) is 3.65. The van der Waals surface area contributed by atoms with Gasteiger partial charge >= 0.3 is 0 Å². The molecule has 0 bridgehead atoms. The van der Waals surface area contributed by atoms with Crippen molar-refractivity contribution >= 4 is 32.6 Å². The predicted molar refractivity (Wildman–Crippen MR) is 116 cm³/mol. The number of hydrogen-bond donors (Lipinski definition) is 0. The summed E-state index contributed by atoms with van der Waals surface area (Å²) in [4.78, 5) is 21.5. The number of carbonyl (C=O) groups is 1. The molecule has 0 unspecified atom stereocenters. The Morgan fingerprint density at radius 2 is 1.79 bits per heavy atom. The minimum absolute atomic E-state index is 0.00320. The van der Waals surface area contributed by atoms with E-state index in [-0.39, 0.29) is 12.5 Å². The SMILES string of the molecule is COc1cccc(OCC(=O)N2CCN(c3nc4c(C)ccc(C)c4s3)CC2)c1. The van der Waals surface area contributed by atoms with E-state index in [0.29, 0.717) is 24.6 Å². The topological polar surface area (TPSA) is 54.9 Å². The lowest BCUT2D eigenvalue weighted by Crippen LogP contribution is -2.50. The Bertz CT molecular complexity index is 986. The highest BCUT2D eigenvalue weighted by atomic mass is 32.1. The number of fused-ring (bicyclic) bond motifs is 1. The molecule has 0 spiro atoms. The van der Waals surface area contributed by atoms with Crippen LogP contribution in [0.25, 0.3) is 10.2 Å². The van der Waals surface area contributed by atoms with E-state index >= 15 is 0 Å². The number of amides is 1. The van der Waals surface area contributed by atoms with Crippen LogP contribution in [0.4, 0.5) is 5.13 Å². The van der Waals surface area contributed by atoms with Gasteiger partial charge in [-0.2, -0.15) is 0 Å². The summed E-state index contributed by atoms with van der Waals surface area (Å²) in [6.07, 6.45) is 0. The summed E-state index contributed by atoms with van der Waals surface area (Å²) >= 11 is 1.74. The van der Waals surface area contributed by atoms with Gasteiger partial charge in [-0.25, -0.2) is 4.98 Å². The molecular formula is C22H25N3O3S. The number of nitrogens with zero attached hydrogens (tertiary/aromatic N) is 3. The van der Waals surface area contributed by atoms with Crippen LogP contribution in [-0.2, 0) is 4.79 Å². The van der Waals surface area contributed by atoms with Crippen molar-refractivity contribution < 1.29 is 14.3 Å². The van der Waals surface area contributed by atoms with Crippen molar-refractivity contribution in [3.8, 4) is 11.5 Å². The molecule has 2 heterocycles. The summed E-state index contributed by atoms with van der Waals surface area (Å²) in [5.41, 5.74) is 3.56. The van der Waals surface area contributed by atoms with Crippen molar-refractivity contribution in [1.29, 1.82) is 0 Å². The number of ether oxygens (including phenoxy) is 2. The van der Waals surface area contributed by atoms with E-state index in [2.05, 4.69) is 30.9 Å². The molecule has 4 rings (SSSR count). The van der Waals surface area contributed by atoms with Gasteiger partial charge in [-0.1, -0.05) is 29.5 Å². The number of aromatic nitrogens is 1. The fraction of sp³-hybridized carbons (Fsp3) is 0.364. The second-order valence-corrected chi connectivity index (χ2v) is 8.19. The highest BCUT2D eigenvalue weighted by molar-refractivity contribution is 7.22. The largest absolute Gasteiger partial charge is 0.497 e. The molecule has 1 aromatic heterocycles. The van der Waals surface area contributed by atoms with Crippen molar-refractivity contribution in [2.24, 2.45) is 0 Å². The third-order valence-electron chi connectivity index (χ3n) is 5.24. The van der Waals surface area contributed by atoms with Crippen molar-refractivity contribution in [3.63, 3.8) is 0 Å². The lowest BCUT2D eigenvalue weighted by atomic mass is 10.1. The van der Waals surface area contributed by atoms with Crippen LogP contribution in [0.2, 0.25) is 0 Å². The highest BCUT2D eigenvalue weighted by Gasteiger charge is 2.24. The van der Waals surface area contributed by atoms with Crippen LogP contribution < -0.4 is 14.4 Å². The number of thiazole rings is 1. The molecule has 1 fully saturated rings. The molecule has 3 aromatic rings. The van der Waals surface area contributed by atoms with Gasteiger partial charge < -0.3 is 19.3 Å². The lowest BCUT2D eigenvalue weighted by Gasteiger charge is -2.34. The van der Waals surface area contributed by atoms with Crippen LogP contribution in [-0.4, -0.2) is 55.7 Å². The Kier molecular flexibility index (Phi) is 5.58. The van der Waals surface area contributed by atoms with E-state index < -0.39 is 0 Å². The smallest absolute Gasteiger partial charge is 0.260 e. The number of carbonyl (C=O) groups excluding carboxylic acids is 1. The van der Waals surface area contributed by atoms with Crippen molar-refractivity contribution in [3.05, 3.63) is 47.5 Å². The van der Waals surface area contributed by atoms with Gasteiger partial charge in [0.05, 0.1) is 17.3 Å². The molecule has 0 radical (unpaired) electrons. The first kappa shape index (κ1) is 19.5. The van der Waals surface area contributed by atoms with Gasteiger partial charge in [0.15, 0.2) is 11.7 Å². The lowest BCUT2D eigenvalue weighted by molar-refractivity contribution is -0.133. The van der Waals surface area contributed by atoms with E-state index in [9.17, 15) is 4.79 Å².